The van der Waals surface area contributed by atoms with Crippen molar-refractivity contribution in [1.82, 2.24) is 9.88 Å². The van der Waals surface area contributed by atoms with Crippen LogP contribution in [0.2, 0.25) is 0 Å². The van der Waals surface area contributed by atoms with Crippen molar-refractivity contribution >= 4 is 11.6 Å². The Morgan fingerprint density at radius 2 is 2.00 bits per heavy atom. The molecule has 0 bridgehead atoms. The molecule has 1 saturated heterocycles. The molecule has 0 saturated carbocycles. The third kappa shape index (κ3) is 2.79. The Morgan fingerprint density at radius 1 is 1.33 bits per heavy atom. The van der Waals surface area contributed by atoms with Crippen molar-refractivity contribution in [2.45, 2.75) is 32.6 Å². The summed E-state index contributed by atoms with van der Waals surface area (Å²) >= 11 is 0. The van der Waals surface area contributed by atoms with Crippen LogP contribution in [0.3, 0.4) is 0 Å². The molecule has 18 heavy (non-hydrogen) atoms. The van der Waals surface area contributed by atoms with Gasteiger partial charge in [-0.25, -0.2) is 0 Å². The number of amides is 1. The van der Waals surface area contributed by atoms with E-state index in [-0.39, 0.29) is 5.91 Å². The van der Waals surface area contributed by atoms with E-state index in [2.05, 4.69) is 10.4 Å². The minimum atomic E-state index is 0.0253. The Labute approximate surface area is 107 Å². The number of aromatic nitrogens is 1. The molecule has 1 aliphatic rings. The number of nitrogens with one attached hydrogen (secondary N) is 1. The molecule has 0 radical (unpaired) electrons. The number of nitrogens with zero attached hydrogens (tertiary/aromatic N) is 2. The van der Waals surface area contributed by atoms with E-state index in [1.165, 1.54) is 12.8 Å². The topological polar surface area (TPSA) is 71.2 Å². The van der Waals surface area contributed by atoms with Gasteiger partial charge in [0.1, 0.15) is 0 Å². The number of aryl methyl sites for hydroxylation is 1. The fourth-order valence-electron chi connectivity index (χ4n) is 2.29. The molecule has 0 spiro atoms. The minimum absolute atomic E-state index is 0.0253. The predicted molar refractivity (Wildman–Crippen MR) is 71.2 cm³/mol. The highest BCUT2D eigenvalue weighted by atomic mass is 16.2. The van der Waals surface area contributed by atoms with Gasteiger partial charge in [0.25, 0.3) is 5.91 Å². The number of anilines is 1. The number of rotatable bonds is 2. The van der Waals surface area contributed by atoms with Gasteiger partial charge in [0, 0.05) is 25.0 Å². The molecule has 5 heteroatoms. The molecule has 1 aliphatic heterocycles. The van der Waals surface area contributed by atoms with Crippen molar-refractivity contribution in [3.63, 3.8) is 0 Å². The van der Waals surface area contributed by atoms with E-state index in [0.29, 0.717) is 11.3 Å². The second-order valence-electron chi connectivity index (χ2n) is 4.72. The van der Waals surface area contributed by atoms with Crippen LogP contribution in [-0.2, 0) is 0 Å². The molecule has 0 atom stereocenters. The van der Waals surface area contributed by atoms with Crippen LogP contribution in [0.15, 0.2) is 12.3 Å². The van der Waals surface area contributed by atoms with Crippen LogP contribution in [0, 0.1) is 6.92 Å². The van der Waals surface area contributed by atoms with E-state index in [4.69, 9.17) is 5.84 Å². The molecule has 2 heterocycles. The van der Waals surface area contributed by atoms with Gasteiger partial charge in [-0.2, -0.15) is 0 Å². The Balaban J connectivity index is 2.21. The third-order valence-corrected chi connectivity index (χ3v) is 3.32. The Kier molecular flexibility index (Phi) is 4.15. The van der Waals surface area contributed by atoms with Gasteiger partial charge in [-0.3, -0.25) is 15.6 Å². The minimum Gasteiger partial charge on any atom is -0.339 e. The highest BCUT2D eigenvalue weighted by Gasteiger charge is 2.20. The quantitative estimate of drug-likeness (QED) is 0.617. The maximum absolute atomic E-state index is 12.4. The number of hydrogen-bond donors (Lipinski definition) is 2. The Bertz CT molecular complexity index is 425. The van der Waals surface area contributed by atoms with E-state index in [1.54, 1.807) is 12.3 Å². The van der Waals surface area contributed by atoms with Gasteiger partial charge in [-0.05, 0) is 25.8 Å². The van der Waals surface area contributed by atoms with Crippen molar-refractivity contribution in [3.8, 4) is 0 Å². The zero-order valence-corrected chi connectivity index (χ0v) is 10.8. The van der Waals surface area contributed by atoms with Crippen LogP contribution in [0.1, 0.15) is 41.7 Å². The number of nitrogen functional groups attached to an aromatic ring is 1. The van der Waals surface area contributed by atoms with Gasteiger partial charge in [0.15, 0.2) is 0 Å². The lowest BCUT2D eigenvalue weighted by molar-refractivity contribution is 0.0762. The highest BCUT2D eigenvalue weighted by molar-refractivity contribution is 5.99. The molecule has 0 aromatic carbocycles. The fourth-order valence-corrected chi connectivity index (χ4v) is 2.29. The maximum atomic E-state index is 12.4. The lowest BCUT2D eigenvalue weighted by Gasteiger charge is -2.21. The molecule has 0 aliphatic carbocycles. The molecular formula is C13H20N4O. The lowest BCUT2D eigenvalue weighted by atomic mass is 10.2. The van der Waals surface area contributed by atoms with E-state index in [1.807, 2.05) is 11.8 Å². The second-order valence-corrected chi connectivity index (χ2v) is 4.72. The first-order valence-corrected chi connectivity index (χ1v) is 6.45. The van der Waals surface area contributed by atoms with Gasteiger partial charge >= 0.3 is 0 Å². The van der Waals surface area contributed by atoms with Crippen LogP contribution in [-0.4, -0.2) is 28.9 Å². The van der Waals surface area contributed by atoms with Gasteiger partial charge in [0.05, 0.1) is 11.3 Å². The summed E-state index contributed by atoms with van der Waals surface area (Å²) < 4.78 is 0. The summed E-state index contributed by atoms with van der Waals surface area (Å²) in [6, 6.07) is 1.80. The first-order chi connectivity index (χ1) is 8.72. The first kappa shape index (κ1) is 12.8. The molecule has 5 nitrogen and oxygen atoms in total. The van der Waals surface area contributed by atoms with Crippen LogP contribution < -0.4 is 11.3 Å². The van der Waals surface area contributed by atoms with E-state index in [9.17, 15) is 4.79 Å². The van der Waals surface area contributed by atoms with E-state index >= 15 is 0 Å². The summed E-state index contributed by atoms with van der Waals surface area (Å²) in [4.78, 5) is 18.5. The Morgan fingerprint density at radius 3 is 2.61 bits per heavy atom. The summed E-state index contributed by atoms with van der Waals surface area (Å²) in [5.74, 6) is 5.49. The van der Waals surface area contributed by atoms with Crippen LogP contribution in [0.4, 0.5) is 5.69 Å². The fraction of sp³-hybridized carbons (Fsp3) is 0.538. The van der Waals surface area contributed by atoms with Crippen LogP contribution >= 0.6 is 0 Å². The highest BCUT2D eigenvalue weighted by Crippen LogP contribution is 2.19. The molecule has 2 rings (SSSR count). The van der Waals surface area contributed by atoms with Crippen LogP contribution in [0.5, 0.6) is 0 Å². The average Bonchev–Trinajstić information content (AvgIpc) is 2.66. The molecule has 1 aromatic heterocycles. The van der Waals surface area contributed by atoms with Crippen molar-refractivity contribution in [1.29, 1.82) is 0 Å². The number of hydrogen-bond acceptors (Lipinski definition) is 4. The van der Waals surface area contributed by atoms with E-state index < -0.39 is 0 Å². The van der Waals surface area contributed by atoms with Crippen molar-refractivity contribution in [2.75, 3.05) is 18.5 Å². The molecule has 0 unspecified atom stereocenters. The van der Waals surface area contributed by atoms with Gasteiger partial charge in [-0.15, -0.1) is 0 Å². The Hall–Kier alpha value is -1.62. The standard InChI is InChI=1S/C13H20N4O/c1-10-8-12(16-14)11(9-15-10)13(18)17-6-4-2-3-5-7-17/h8-9H,2-7,14H2,1H3,(H,15,16). The first-order valence-electron chi connectivity index (χ1n) is 6.45. The number of pyridine rings is 1. The number of likely N-dealkylation sites (tertiary alicyclic amines) is 1. The summed E-state index contributed by atoms with van der Waals surface area (Å²) in [5, 5.41) is 0. The summed E-state index contributed by atoms with van der Waals surface area (Å²) in [6.45, 7) is 3.54. The SMILES string of the molecule is Cc1cc(NN)c(C(=O)N2CCCCCC2)cn1. The van der Waals surface area contributed by atoms with Gasteiger partial charge in [0.2, 0.25) is 0 Å². The predicted octanol–water partition coefficient (Wildman–Crippen LogP) is 1.69. The average molecular weight is 248 g/mol. The molecule has 1 aromatic rings. The number of hydrazine groups is 1. The smallest absolute Gasteiger partial charge is 0.257 e. The zero-order chi connectivity index (χ0) is 13.0. The monoisotopic (exact) mass is 248 g/mol. The third-order valence-electron chi connectivity index (χ3n) is 3.32. The molecule has 1 fully saturated rings. The van der Waals surface area contributed by atoms with E-state index in [0.717, 1.165) is 31.6 Å². The van der Waals surface area contributed by atoms with Crippen molar-refractivity contribution in [3.05, 3.63) is 23.5 Å². The maximum Gasteiger partial charge on any atom is 0.257 e. The molecule has 98 valence electrons. The number of carbonyl (C=O) groups is 1. The van der Waals surface area contributed by atoms with Gasteiger partial charge in [-0.1, -0.05) is 12.8 Å². The van der Waals surface area contributed by atoms with Crippen molar-refractivity contribution < 1.29 is 4.79 Å². The number of nitrogens with two attached hydrogens (primary N) is 1. The van der Waals surface area contributed by atoms with Crippen LogP contribution in [0.25, 0.3) is 0 Å². The molecular weight excluding hydrogens is 228 g/mol. The second kappa shape index (κ2) is 5.82. The summed E-state index contributed by atoms with van der Waals surface area (Å²) in [7, 11) is 0. The molecule has 1 amide bonds. The zero-order valence-electron chi connectivity index (χ0n) is 10.8. The lowest BCUT2D eigenvalue weighted by Crippen LogP contribution is -2.32. The number of carbonyl (C=O) groups excluding carboxylic acids is 1. The van der Waals surface area contributed by atoms with Gasteiger partial charge < -0.3 is 10.3 Å². The normalized spacial score (nSPS) is 16.2. The summed E-state index contributed by atoms with van der Waals surface area (Å²) in [6.07, 6.45) is 6.18. The summed E-state index contributed by atoms with van der Waals surface area (Å²) in [5.41, 5.74) is 4.64. The largest absolute Gasteiger partial charge is 0.339 e. The van der Waals surface area contributed by atoms with Crippen molar-refractivity contribution in [2.24, 2.45) is 5.84 Å². The molecule has 3 N–H and O–H groups in total.